The third-order valence-electron chi connectivity index (χ3n) is 7.74. The van der Waals surface area contributed by atoms with Gasteiger partial charge in [-0.15, -0.1) is 9.05 Å². The van der Waals surface area contributed by atoms with E-state index in [1.165, 1.54) is 34.4 Å². The molecule has 0 spiro atoms. The van der Waals surface area contributed by atoms with Crippen LogP contribution in [0.25, 0.3) is 22.3 Å². The summed E-state index contributed by atoms with van der Waals surface area (Å²) in [5, 5.41) is 25.5. The molecule has 4 N–H and O–H groups in total. The Bertz CT molecular complexity index is 1840. The van der Waals surface area contributed by atoms with Gasteiger partial charge in [0.2, 0.25) is 0 Å². The Balaban J connectivity index is 1.03. The number of anilines is 2. The van der Waals surface area contributed by atoms with E-state index in [-0.39, 0.29) is 11.3 Å². The molecule has 0 radical (unpaired) electrons. The predicted octanol–water partition coefficient (Wildman–Crippen LogP) is 2.84. The summed E-state index contributed by atoms with van der Waals surface area (Å²) in [6.45, 7) is -0.261. The van der Waals surface area contributed by atoms with Crippen LogP contribution in [-0.4, -0.2) is 112 Å². The average molecular weight is 763 g/mol. The Kier molecular flexibility index (Phi) is 11.6. The first-order chi connectivity index (χ1) is 23.7. The van der Waals surface area contributed by atoms with E-state index >= 15 is 8.78 Å². The van der Waals surface area contributed by atoms with Crippen molar-refractivity contribution in [3.05, 3.63) is 37.5 Å². The van der Waals surface area contributed by atoms with Crippen LogP contribution < -0.4 is 10.6 Å². The molecule has 0 bridgehead atoms. The van der Waals surface area contributed by atoms with Crippen molar-refractivity contribution in [1.82, 2.24) is 39.0 Å². The predicted molar refractivity (Wildman–Crippen MR) is 176 cm³/mol. The second-order valence-corrected chi connectivity index (χ2v) is 14.0. The number of fused-ring (bicyclic) bond motifs is 2. The van der Waals surface area contributed by atoms with E-state index in [4.69, 9.17) is 18.5 Å². The lowest BCUT2D eigenvalue weighted by atomic mass is 10.1. The number of rotatable bonds is 15. The topological polar surface area (TPSA) is 223 Å². The molecule has 2 aliphatic heterocycles. The van der Waals surface area contributed by atoms with Crippen LogP contribution in [0.4, 0.5) is 20.4 Å². The summed E-state index contributed by atoms with van der Waals surface area (Å²) in [6, 6.07) is 0. The van der Waals surface area contributed by atoms with Crippen LogP contribution in [-0.2, 0) is 27.7 Å². The van der Waals surface area contributed by atoms with Gasteiger partial charge in [0, 0.05) is 13.1 Å². The van der Waals surface area contributed by atoms with Gasteiger partial charge in [0.05, 0.1) is 25.9 Å². The van der Waals surface area contributed by atoms with E-state index in [0.29, 0.717) is 42.2 Å². The normalized spacial score (nSPS) is 27.8. The number of nitrogens with one attached hydrogen (secondary N) is 2. The van der Waals surface area contributed by atoms with Crippen molar-refractivity contribution >= 4 is 72.9 Å². The van der Waals surface area contributed by atoms with Gasteiger partial charge in [0.1, 0.15) is 49.4 Å². The monoisotopic (exact) mass is 762 g/mol. The maximum Gasteiger partial charge on any atom is 0.582 e. The SMILES string of the molecule is O=[P+](S)O[C@@H]1C(CO)OC(n2cnc3c(NC/C=C/CCNc4ncnc5c4ncn5C4OC(CO)[C@@H](O[P+](=O)S)[C@H]4F)ncnc32)[C@@H]1F. The van der Waals surface area contributed by atoms with Crippen molar-refractivity contribution in [3.63, 3.8) is 0 Å². The lowest BCUT2D eigenvalue weighted by Gasteiger charge is -2.15. The van der Waals surface area contributed by atoms with Crippen LogP contribution in [0.5, 0.6) is 0 Å². The molecule has 4 aromatic heterocycles. The molecular weight excluding hydrogens is 732 g/mol. The molecule has 0 aromatic carbocycles. The molecule has 2 saturated heterocycles. The molecule has 18 nitrogen and oxygen atoms in total. The van der Waals surface area contributed by atoms with Gasteiger partial charge in [-0.2, -0.15) is 0 Å². The third-order valence-corrected chi connectivity index (χ3v) is 9.15. The van der Waals surface area contributed by atoms with Crippen LogP contribution in [0.1, 0.15) is 18.9 Å². The molecule has 6 heterocycles. The van der Waals surface area contributed by atoms with Gasteiger partial charge >= 0.3 is 14.5 Å². The number of imidazole rings is 2. The molecule has 4 aromatic rings. The quantitative estimate of drug-likeness (QED) is 0.0444. The minimum absolute atomic E-state index is 0.280. The van der Waals surface area contributed by atoms with Gasteiger partial charge in [-0.25, -0.2) is 38.7 Å². The van der Waals surface area contributed by atoms with Crippen LogP contribution in [0, 0.1) is 0 Å². The Morgan fingerprint density at radius 1 is 0.796 bits per heavy atom. The molecule has 0 amide bonds. The Morgan fingerprint density at radius 2 is 1.29 bits per heavy atom. The van der Waals surface area contributed by atoms with Crippen molar-refractivity contribution < 1.29 is 46.6 Å². The average Bonchev–Trinajstić information content (AvgIpc) is 3.85. The Hall–Kier alpha value is -3.04. The summed E-state index contributed by atoms with van der Waals surface area (Å²) in [7, 11) is -4.85. The molecule has 24 heteroatoms. The summed E-state index contributed by atoms with van der Waals surface area (Å²) >= 11 is 7.35. The molecule has 0 saturated carbocycles. The number of alkyl halides is 2. The van der Waals surface area contributed by atoms with E-state index in [1.54, 1.807) is 0 Å². The highest BCUT2D eigenvalue weighted by Gasteiger charge is 2.52. The molecule has 0 aliphatic carbocycles. The maximum atomic E-state index is 15.2. The number of nitrogens with zero attached hydrogens (tertiary/aromatic N) is 8. The van der Waals surface area contributed by atoms with Gasteiger partial charge in [-0.1, -0.05) is 12.2 Å². The van der Waals surface area contributed by atoms with Crippen LogP contribution in [0.3, 0.4) is 0 Å². The minimum Gasteiger partial charge on any atom is -0.394 e. The minimum atomic E-state index is -2.43. The molecule has 6 rings (SSSR count). The molecule has 49 heavy (non-hydrogen) atoms. The van der Waals surface area contributed by atoms with E-state index in [2.05, 4.69) is 65.0 Å². The van der Waals surface area contributed by atoms with Crippen LogP contribution >= 0.6 is 39.0 Å². The summed E-state index contributed by atoms with van der Waals surface area (Å²) in [6.07, 6.45) is -1.06. The van der Waals surface area contributed by atoms with Gasteiger partial charge < -0.3 is 30.3 Å². The van der Waals surface area contributed by atoms with Crippen LogP contribution in [0.15, 0.2) is 37.5 Å². The van der Waals surface area contributed by atoms with Gasteiger partial charge in [-0.3, -0.25) is 9.13 Å². The number of aromatic nitrogens is 8. The summed E-state index contributed by atoms with van der Waals surface area (Å²) < 4.78 is 77.4. The highest BCUT2D eigenvalue weighted by Crippen LogP contribution is 2.42. The maximum absolute atomic E-state index is 15.2. The summed E-state index contributed by atoms with van der Waals surface area (Å²) in [5.41, 5.74) is 1.30. The number of aliphatic hydroxyl groups is 2. The van der Waals surface area contributed by atoms with E-state index < -0.39 is 76.9 Å². The Morgan fingerprint density at radius 3 is 1.76 bits per heavy atom. The van der Waals surface area contributed by atoms with E-state index in [9.17, 15) is 19.3 Å². The number of ether oxygens (including phenoxy) is 2. The lowest BCUT2D eigenvalue weighted by molar-refractivity contribution is -0.0427. The fourth-order valence-electron chi connectivity index (χ4n) is 5.56. The van der Waals surface area contributed by atoms with Gasteiger partial charge in [-0.05, 0) is 15.6 Å². The number of hydrogen-bond acceptors (Lipinski definition) is 16. The number of hydrogen-bond donors (Lipinski definition) is 6. The Labute approximate surface area is 288 Å². The number of halogens is 2. The molecule has 262 valence electrons. The first kappa shape index (κ1) is 35.8. The lowest BCUT2D eigenvalue weighted by Crippen LogP contribution is -2.31. The fraction of sp³-hybridized carbons (Fsp3) is 0.520. The summed E-state index contributed by atoms with van der Waals surface area (Å²) in [5.74, 6) is 0.810. The molecule has 10 atom stereocenters. The first-order valence-electron chi connectivity index (χ1n) is 14.7. The van der Waals surface area contributed by atoms with Gasteiger partial charge in [0.25, 0.3) is 0 Å². The number of thiol groups is 2. The smallest absolute Gasteiger partial charge is 0.394 e. The summed E-state index contributed by atoms with van der Waals surface area (Å²) in [4.78, 5) is 25.5. The zero-order valence-corrected chi connectivity index (χ0v) is 28.7. The second-order valence-electron chi connectivity index (χ2n) is 10.7. The third kappa shape index (κ3) is 7.53. The van der Waals surface area contributed by atoms with Crippen molar-refractivity contribution in [2.45, 2.75) is 55.6 Å². The fourth-order valence-corrected chi connectivity index (χ4v) is 7.13. The van der Waals surface area contributed by atoms with E-state index in [1.807, 2.05) is 12.2 Å². The molecule has 2 aliphatic rings. The zero-order chi connectivity index (χ0) is 34.7. The standard InChI is InChI=1S/C25H28F2N10O8P2S2/c26-14-18(44-46(40)48)12(6-38)42-24(14)36-10-34-16-20(30-8-32-22(16)36)28-4-2-1-3-5-29-21-17-23(33-9-31-21)37(11-35-17)25-15(27)19(45-47(41)49)13(7-39)43-25/h1-2,8-15,18-19,24-25,38-39H,3-7H2,(H2-2,28,29,30,31,32,33,40,41,48,49)/p+2/b2-1+/t12?,13?,14-,15-,18-,19-,24?,25?/m1/s1. The van der Waals surface area contributed by atoms with E-state index in [0.717, 1.165) is 0 Å². The molecule has 6 unspecified atom stereocenters. The van der Waals surface area contributed by atoms with Gasteiger partial charge in [0.15, 0.2) is 71.0 Å². The highest BCUT2D eigenvalue weighted by atomic mass is 32.7. The van der Waals surface area contributed by atoms with Crippen molar-refractivity contribution in [2.75, 3.05) is 36.9 Å². The zero-order valence-electron chi connectivity index (χ0n) is 25.1. The highest BCUT2D eigenvalue weighted by molar-refractivity contribution is 8.39. The molecular formula is C25H30F2N10O8P2S2+2. The van der Waals surface area contributed by atoms with Crippen molar-refractivity contribution in [1.29, 1.82) is 0 Å². The first-order valence-corrected chi connectivity index (χ1v) is 19.3. The van der Waals surface area contributed by atoms with Crippen molar-refractivity contribution in [2.24, 2.45) is 0 Å². The number of aliphatic hydroxyl groups excluding tert-OH is 2. The second kappa shape index (κ2) is 15.9. The van der Waals surface area contributed by atoms with Crippen LogP contribution in [0.2, 0.25) is 0 Å². The largest absolute Gasteiger partial charge is 0.582 e. The molecule has 2 fully saturated rings. The van der Waals surface area contributed by atoms with Crippen molar-refractivity contribution in [3.8, 4) is 0 Å².